The van der Waals surface area contributed by atoms with E-state index in [2.05, 4.69) is 21.2 Å². The van der Waals surface area contributed by atoms with Gasteiger partial charge in [0.15, 0.2) is 0 Å². The molecule has 7 heteroatoms. The zero-order chi connectivity index (χ0) is 15.8. The van der Waals surface area contributed by atoms with Crippen LogP contribution in [0.15, 0.2) is 22.7 Å². The molecule has 0 aliphatic heterocycles. The quantitative estimate of drug-likeness (QED) is 0.754. The molecule has 0 aromatic heterocycles. The molecule has 5 nitrogen and oxygen atoms in total. The van der Waals surface area contributed by atoms with Crippen LogP contribution in [0, 0.1) is 5.82 Å². The minimum Gasteiger partial charge on any atom is -0.385 e. The second-order valence-corrected chi connectivity index (χ2v) is 5.31. The van der Waals surface area contributed by atoms with Crippen molar-refractivity contribution in [3.05, 3.63) is 34.1 Å². The van der Waals surface area contributed by atoms with Gasteiger partial charge >= 0.3 is 0 Å². The lowest BCUT2D eigenvalue weighted by atomic mass is 10.2. The maximum atomic E-state index is 13.8. The molecule has 0 saturated carbocycles. The third kappa shape index (κ3) is 5.43. The van der Waals surface area contributed by atoms with Crippen LogP contribution >= 0.6 is 15.9 Å². The Labute approximate surface area is 131 Å². The SMILES string of the molecule is COCCCNC(=O)CN(C)C(=O)c1cccc(Br)c1F. The molecule has 1 N–H and O–H groups in total. The van der Waals surface area contributed by atoms with E-state index in [9.17, 15) is 14.0 Å². The monoisotopic (exact) mass is 360 g/mol. The predicted octanol–water partition coefficient (Wildman–Crippen LogP) is 1.81. The highest BCUT2D eigenvalue weighted by molar-refractivity contribution is 9.10. The van der Waals surface area contributed by atoms with Crippen LogP contribution in [0.5, 0.6) is 0 Å². The van der Waals surface area contributed by atoms with Crippen LogP contribution < -0.4 is 5.32 Å². The van der Waals surface area contributed by atoms with Crippen molar-refractivity contribution in [1.82, 2.24) is 10.2 Å². The Balaban J connectivity index is 2.55. The number of carbonyl (C=O) groups is 2. The van der Waals surface area contributed by atoms with Gasteiger partial charge in [0.05, 0.1) is 16.6 Å². The van der Waals surface area contributed by atoms with E-state index in [1.807, 2.05) is 0 Å². The van der Waals surface area contributed by atoms with Gasteiger partial charge in [0, 0.05) is 27.3 Å². The van der Waals surface area contributed by atoms with Gasteiger partial charge in [-0.2, -0.15) is 0 Å². The van der Waals surface area contributed by atoms with E-state index in [-0.39, 0.29) is 22.5 Å². The van der Waals surface area contributed by atoms with Crippen molar-refractivity contribution < 1.29 is 18.7 Å². The van der Waals surface area contributed by atoms with Crippen molar-refractivity contribution >= 4 is 27.7 Å². The van der Waals surface area contributed by atoms with Gasteiger partial charge in [0.1, 0.15) is 5.82 Å². The van der Waals surface area contributed by atoms with Crippen LogP contribution in [-0.2, 0) is 9.53 Å². The number of likely N-dealkylation sites (N-methyl/N-ethyl adjacent to an activating group) is 1. The summed E-state index contributed by atoms with van der Waals surface area (Å²) in [6, 6.07) is 4.46. The van der Waals surface area contributed by atoms with E-state index in [1.165, 1.54) is 24.1 Å². The lowest BCUT2D eigenvalue weighted by Gasteiger charge is -2.17. The highest BCUT2D eigenvalue weighted by Gasteiger charge is 2.19. The summed E-state index contributed by atoms with van der Waals surface area (Å²) >= 11 is 3.03. The van der Waals surface area contributed by atoms with Crippen molar-refractivity contribution in [3.63, 3.8) is 0 Å². The van der Waals surface area contributed by atoms with Crippen molar-refractivity contribution in [1.29, 1.82) is 0 Å². The van der Waals surface area contributed by atoms with Crippen LogP contribution in [0.3, 0.4) is 0 Å². The molecule has 2 amide bonds. The number of benzene rings is 1. The lowest BCUT2D eigenvalue weighted by Crippen LogP contribution is -2.39. The third-order valence-electron chi connectivity index (χ3n) is 2.76. The van der Waals surface area contributed by atoms with Gasteiger partial charge in [-0.15, -0.1) is 0 Å². The largest absolute Gasteiger partial charge is 0.385 e. The second kappa shape index (κ2) is 8.74. The highest BCUT2D eigenvalue weighted by atomic mass is 79.9. The summed E-state index contributed by atoms with van der Waals surface area (Å²) in [6.45, 7) is 0.899. The first-order chi connectivity index (χ1) is 9.97. The summed E-state index contributed by atoms with van der Waals surface area (Å²) in [4.78, 5) is 24.9. The van der Waals surface area contributed by atoms with Crippen LogP contribution in [0.25, 0.3) is 0 Å². The zero-order valence-corrected chi connectivity index (χ0v) is 13.6. The van der Waals surface area contributed by atoms with E-state index in [4.69, 9.17) is 4.74 Å². The standard InChI is InChI=1S/C14H18BrFN2O3/c1-18(9-12(19)17-7-4-8-21-2)14(20)10-5-3-6-11(15)13(10)16/h3,5-6H,4,7-9H2,1-2H3,(H,17,19). The molecule has 0 aliphatic rings. The minimum atomic E-state index is -0.630. The Kier molecular flexibility index (Phi) is 7.31. The first kappa shape index (κ1) is 17.6. The van der Waals surface area contributed by atoms with E-state index < -0.39 is 11.7 Å². The topological polar surface area (TPSA) is 58.6 Å². The molecule has 0 fully saturated rings. The Hall–Kier alpha value is -1.47. The van der Waals surface area contributed by atoms with Gasteiger partial charge in [-0.1, -0.05) is 6.07 Å². The van der Waals surface area contributed by atoms with Gasteiger partial charge in [0.2, 0.25) is 5.91 Å². The maximum absolute atomic E-state index is 13.8. The highest BCUT2D eigenvalue weighted by Crippen LogP contribution is 2.19. The van der Waals surface area contributed by atoms with Gasteiger partial charge in [0.25, 0.3) is 5.91 Å². The van der Waals surface area contributed by atoms with Gasteiger partial charge in [-0.25, -0.2) is 4.39 Å². The molecule has 0 atom stereocenters. The molecule has 0 saturated heterocycles. The summed E-state index contributed by atoms with van der Waals surface area (Å²) in [5, 5.41) is 2.66. The molecule has 116 valence electrons. The molecule has 0 radical (unpaired) electrons. The predicted molar refractivity (Wildman–Crippen MR) is 80.6 cm³/mol. The Morgan fingerprint density at radius 1 is 1.43 bits per heavy atom. The van der Waals surface area contributed by atoms with E-state index in [0.717, 1.165) is 0 Å². The van der Waals surface area contributed by atoms with Crippen molar-refractivity contribution in [2.45, 2.75) is 6.42 Å². The van der Waals surface area contributed by atoms with Crippen molar-refractivity contribution in [3.8, 4) is 0 Å². The number of hydrogen-bond donors (Lipinski definition) is 1. The van der Waals surface area contributed by atoms with Crippen LogP contribution in [0.2, 0.25) is 0 Å². The van der Waals surface area contributed by atoms with E-state index >= 15 is 0 Å². The molecule has 0 bridgehead atoms. The third-order valence-corrected chi connectivity index (χ3v) is 3.37. The maximum Gasteiger partial charge on any atom is 0.257 e. The summed E-state index contributed by atoms with van der Waals surface area (Å²) in [5.74, 6) is -1.46. The number of nitrogens with zero attached hydrogens (tertiary/aromatic N) is 1. The average molecular weight is 361 g/mol. The summed E-state index contributed by atoms with van der Waals surface area (Å²) in [6.07, 6.45) is 0.695. The fourth-order valence-corrected chi connectivity index (χ4v) is 2.03. The van der Waals surface area contributed by atoms with Crippen LogP contribution in [0.1, 0.15) is 16.8 Å². The van der Waals surface area contributed by atoms with E-state index in [1.54, 1.807) is 13.2 Å². The first-order valence-corrected chi connectivity index (χ1v) is 7.21. The van der Waals surface area contributed by atoms with Crippen LogP contribution in [0.4, 0.5) is 4.39 Å². The average Bonchev–Trinajstić information content (AvgIpc) is 2.45. The fraction of sp³-hybridized carbons (Fsp3) is 0.429. The number of ether oxygens (including phenoxy) is 1. The minimum absolute atomic E-state index is 0.0703. The lowest BCUT2D eigenvalue weighted by molar-refractivity contribution is -0.121. The summed E-state index contributed by atoms with van der Waals surface area (Å²) < 4.78 is 18.9. The smallest absolute Gasteiger partial charge is 0.257 e. The normalized spacial score (nSPS) is 10.3. The van der Waals surface area contributed by atoms with Gasteiger partial charge < -0.3 is 15.0 Å². The molecule has 0 aliphatic carbocycles. The molecule has 0 unspecified atom stereocenters. The Morgan fingerprint density at radius 2 is 2.14 bits per heavy atom. The number of amides is 2. The number of rotatable bonds is 7. The number of hydrogen-bond acceptors (Lipinski definition) is 3. The number of methoxy groups -OCH3 is 1. The number of halogens is 2. The molecular formula is C14H18BrFN2O3. The zero-order valence-electron chi connectivity index (χ0n) is 12.0. The molecule has 1 aromatic rings. The molecule has 1 rings (SSSR count). The van der Waals surface area contributed by atoms with Crippen LogP contribution in [-0.4, -0.2) is 50.6 Å². The van der Waals surface area contributed by atoms with Crippen molar-refractivity contribution in [2.75, 3.05) is 33.9 Å². The number of nitrogens with one attached hydrogen (secondary N) is 1. The molecule has 1 aromatic carbocycles. The Bertz CT molecular complexity index is 511. The van der Waals surface area contributed by atoms with E-state index in [0.29, 0.717) is 19.6 Å². The van der Waals surface area contributed by atoms with Gasteiger partial charge in [-0.3, -0.25) is 9.59 Å². The fourth-order valence-electron chi connectivity index (χ4n) is 1.66. The summed E-state index contributed by atoms with van der Waals surface area (Å²) in [7, 11) is 3.04. The Morgan fingerprint density at radius 3 is 2.81 bits per heavy atom. The van der Waals surface area contributed by atoms with Crippen molar-refractivity contribution in [2.24, 2.45) is 0 Å². The number of carbonyl (C=O) groups excluding carboxylic acids is 2. The second-order valence-electron chi connectivity index (χ2n) is 4.46. The molecule has 0 heterocycles. The summed E-state index contributed by atoms with van der Waals surface area (Å²) in [5.41, 5.74) is -0.0703. The van der Waals surface area contributed by atoms with Gasteiger partial charge in [-0.05, 0) is 34.5 Å². The molecule has 0 spiro atoms. The molecular weight excluding hydrogens is 343 g/mol. The first-order valence-electron chi connectivity index (χ1n) is 6.42. The molecule has 21 heavy (non-hydrogen) atoms.